The highest BCUT2D eigenvalue weighted by Gasteiger charge is 2.06. The summed E-state index contributed by atoms with van der Waals surface area (Å²) in [6.07, 6.45) is 0. The minimum Gasteiger partial charge on any atom is -0.494 e. The number of nitrogens with two attached hydrogens (primary N) is 1. The molecule has 18 heavy (non-hydrogen) atoms. The van der Waals surface area contributed by atoms with Crippen molar-refractivity contribution in [2.24, 2.45) is 0 Å². The van der Waals surface area contributed by atoms with Gasteiger partial charge >= 0.3 is 0 Å². The van der Waals surface area contributed by atoms with Gasteiger partial charge in [0.25, 0.3) is 0 Å². The fraction of sp³-hybridized carbons (Fsp3) is 0.308. The van der Waals surface area contributed by atoms with E-state index in [9.17, 15) is 0 Å². The van der Waals surface area contributed by atoms with Gasteiger partial charge in [0.15, 0.2) is 0 Å². The maximum Gasteiger partial charge on any atom is 0.122 e. The van der Waals surface area contributed by atoms with E-state index in [1.54, 1.807) is 10.7 Å². The molecule has 0 aliphatic rings. The van der Waals surface area contributed by atoms with Gasteiger partial charge in [-0.05, 0) is 31.2 Å². The number of nitrogens with zero attached hydrogens (tertiary/aromatic N) is 2. The van der Waals surface area contributed by atoms with E-state index in [1.807, 2.05) is 31.2 Å². The number of rotatable bonds is 5. The molecule has 5 nitrogen and oxygen atoms in total. The van der Waals surface area contributed by atoms with E-state index in [4.69, 9.17) is 15.6 Å². The van der Waals surface area contributed by atoms with E-state index in [0.717, 1.165) is 17.0 Å². The van der Waals surface area contributed by atoms with Crippen LogP contribution in [0.15, 0.2) is 30.3 Å². The molecule has 0 saturated heterocycles. The zero-order chi connectivity index (χ0) is 13.0. The summed E-state index contributed by atoms with van der Waals surface area (Å²) in [5, 5.41) is 13.2. The molecular weight excluding hydrogens is 230 g/mol. The van der Waals surface area contributed by atoms with E-state index in [1.165, 1.54) is 0 Å². The fourth-order valence-electron chi connectivity index (χ4n) is 1.73. The Morgan fingerprint density at radius 1 is 1.33 bits per heavy atom. The van der Waals surface area contributed by atoms with Gasteiger partial charge in [-0.25, -0.2) is 4.68 Å². The molecular formula is C13H17N3O2. The predicted octanol–water partition coefficient (Wildman–Crippen LogP) is 1.52. The summed E-state index contributed by atoms with van der Waals surface area (Å²) >= 11 is 0. The number of hydrogen-bond acceptors (Lipinski definition) is 4. The summed E-state index contributed by atoms with van der Waals surface area (Å²) in [5.41, 5.74) is 7.58. The second-order valence-electron chi connectivity index (χ2n) is 3.86. The lowest BCUT2D eigenvalue weighted by Gasteiger charge is -2.03. The molecule has 5 heteroatoms. The maximum absolute atomic E-state index is 8.89. The van der Waals surface area contributed by atoms with E-state index in [0.29, 0.717) is 19.0 Å². The summed E-state index contributed by atoms with van der Waals surface area (Å²) in [7, 11) is 0. The first kappa shape index (κ1) is 12.4. The van der Waals surface area contributed by atoms with E-state index >= 15 is 0 Å². The largest absolute Gasteiger partial charge is 0.494 e. The normalized spacial score (nSPS) is 10.6. The van der Waals surface area contributed by atoms with E-state index < -0.39 is 0 Å². The number of nitrogen functional groups attached to an aromatic ring is 1. The summed E-state index contributed by atoms with van der Waals surface area (Å²) in [5.74, 6) is 1.39. The van der Waals surface area contributed by atoms with Gasteiger partial charge in [0.2, 0.25) is 0 Å². The van der Waals surface area contributed by atoms with Crippen LogP contribution in [-0.2, 0) is 6.54 Å². The lowest BCUT2D eigenvalue weighted by atomic mass is 10.1. The topological polar surface area (TPSA) is 73.3 Å². The zero-order valence-corrected chi connectivity index (χ0v) is 10.3. The van der Waals surface area contributed by atoms with Gasteiger partial charge in [0.1, 0.15) is 11.6 Å². The number of hydrogen-bond donors (Lipinski definition) is 2. The molecule has 0 saturated carbocycles. The van der Waals surface area contributed by atoms with Crippen LogP contribution in [0.2, 0.25) is 0 Å². The van der Waals surface area contributed by atoms with Crippen LogP contribution in [0.5, 0.6) is 5.75 Å². The Morgan fingerprint density at radius 3 is 2.67 bits per heavy atom. The molecule has 0 bridgehead atoms. The van der Waals surface area contributed by atoms with Crippen molar-refractivity contribution in [1.82, 2.24) is 9.78 Å². The summed E-state index contributed by atoms with van der Waals surface area (Å²) in [4.78, 5) is 0. The lowest BCUT2D eigenvalue weighted by molar-refractivity contribution is 0.270. The monoisotopic (exact) mass is 247 g/mol. The lowest BCUT2D eigenvalue weighted by Crippen LogP contribution is -2.07. The number of aliphatic hydroxyl groups is 1. The first-order chi connectivity index (χ1) is 8.74. The highest BCUT2D eigenvalue weighted by Crippen LogP contribution is 2.23. The third kappa shape index (κ3) is 2.62. The van der Waals surface area contributed by atoms with Crippen LogP contribution in [0.3, 0.4) is 0 Å². The number of ether oxygens (including phenoxy) is 1. The smallest absolute Gasteiger partial charge is 0.122 e. The predicted molar refractivity (Wildman–Crippen MR) is 70.3 cm³/mol. The van der Waals surface area contributed by atoms with Crippen LogP contribution in [-0.4, -0.2) is 28.1 Å². The number of aromatic nitrogens is 2. The van der Waals surface area contributed by atoms with Crippen LogP contribution >= 0.6 is 0 Å². The average molecular weight is 247 g/mol. The molecule has 3 N–H and O–H groups in total. The van der Waals surface area contributed by atoms with Crippen molar-refractivity contribution in [3.8, 4) is 17.0 Å². The molecule has 0 amide bonds. The molecule has 1 aromatic heterocycles. The molecule has 0 aliphatic carbocycles. The molecule has 0 aliphatic heterocycles. The minimum absolute atomic E-state index is 0.0224. The Kier molecular flexibility index (Phi) is 3.84. The summed E-state index contributed by atoms with van der Waals surface area (Å²) in [6, 6.07) is 9.48. The third-order valence-electron chi connectivity index (χ3n) is 2.58. The van der Waals surface area contributed by atoms with Crippen LogP contribution in [0.1, 0.15) is 6.92 Å². The summed E-state index contributed by atoms with van der Waals surface area (Å²) < 4.78 is 6.97. The molecule has 2 rings (SSSR count). The van der Waals surface area contributed by atoms with Crippen LogP contribution in [0, 0.1) is 0 Å². The number of aliphatic hydroxyl groups excluding tert-OH is 1. The van der Waals surface area contributed by atoms with Gasteiger partial charge in [-0.15, -0.1) is 0 Å². The first-order valence-electron chi connectivity index (χ1n) is 5.92. The Labute approximate surface area is 106 Å². The highest BCUT2D eigenvalue weighted by atomic mass is 16.5. The molecule has 2 aromatic rings. The van der Waals surface area contributed by atoms with Gasteiger partial charge < -0.3 is 15.6 Å². The molecule has 0 unspecified atom stereocenters. The second-order valence-corrected chi connectivity index (χ2v) is 3.86. The Morgan fingerprint density at radius 2 is 2.06 bits per heavy atom. The molecule has 0 fully saturated rings. The molecule has 0 atom stereocenters. The second kappa shape index (κ2) is 5.55. The molecule has 96 valence electrons. The van der Waals surface area contributed by atoms with Gasteiger partial charge in [-0.3, -0.25) is 0 Å². The Bertz CT molecular complexity index is 505. The van der Waals surface area contributed by atoms with E-state index in [2.05, 4.69) is 5.10 Å². The molecule has 0 spiro atoms. The van der Waals surface area contributed by atoms with Crippen LogP contribution < -0.4 is 10.5 Å². The fourth-order valence-corrected chi connectivity index (χ4v) is 1.73. The Hall–Kier alpha value is -2.01. The summed E-state index contributed by atoms with van der Waals surface area (Å²) in [6.45, 7) is 3.03. The van der Waals surface area contributed by atoms with Crippen molar-refractivity contribution in [3.63, 3.8) is 0 Å². The molecule has 1 heterocycles. The van der Waals surface area contributed by atoms with Gasteiger partial charge in [-0.1, -0.05) is 0 Å². The van der Waals surface area contributed by atoms with Gasteiger partial charge in [0.05, 0.1) is 25.5 Å². The number of benzene rings is 1. The van der Waals surface area contributed by atoms with Gasteiger partial charge in [0, 0.05) is 11.6 Å². The van der Waals surface area contributed by atoms with Crippen molar-refractivity contribution >= 4 is 5.82 Å². The van der Waals surface area contributed by atoms with Crippen LogP contribution in [0.4, 0.5) is 5.82 Å². The van der Waals surface area contributed by atoms with Gasteiger partial charge in [-0.2, -0.15) is 5.10 Å². The SMILES string of the molecule is CCOc1ccc(-c2cc(N)n(CCO)n2)cc1. The van der Waals surface area contributed by atoms with Crippen LogP contribution in [0.25, 0.3) is 11.3 Å². The standard InChI is InChI=1S/C13H17N3O2/c1-2-18-11-5-3-10(4-6-11)12-9-13(14)16(15-12)7-8-17/h3-6,9,17H,2,7-8,14H2,1H3. The highest BCUT2D eigenvalue weighted by molar-refractivity contribution is 5.63. The van der Waals surface area contributed by atoms with Crippen molar-refractivity contribution in [2.75, 3.05) is 18.9 Å². The quantitative estimate of drug-likeness (QED) is 0.840. The minimum atomic E-state index is 0.0224. The molecule has 1 aromatic carbocycles. The van der Waals surface area contributed by atoms with Crippen molar-refractivity contribution in [1.29, 1.82) is 0 Å². The first-order valence-corrected chi connectivity index (χ1v) is 5.92. The van der Waals surface area contributed by atoms with Crippen molar-refractivity contribution < 1.29 is 9.84 Å². The Balaban J connectivity index is 2.22. The maximum atomic E-state index is 8.89. The number of anilines is 1. The third-order valence-corrected chi connectivity index (χ3v) is 2.58. The van der Waals surface area contributed by atoms with Crippen molar-refractivity contribution in [3.05, 3.63) is 30.3 Å². The zero-order valence-electron chi connectivity index (χ0n) is 10.3. The van der Waals surface area contributed by atoms with Crippen molar-refractivity contribution in [2.45, 2.75) is 13.5 Å². The average Bonchev–Trinajstić information content (AvgIpc) is 2.73. The molecule has 0 radical (unpaired) electrons. The van der Waals surface area contributed by atoms with E-state index in [-0.39, 0.29) is 6.61 Å².